The first kappa shape index (κ1) is 18.8. The molecule has 5 heteroatoms. The van der Waals surface area contributed by atoms with Gasteiger partial charge in [-0.05, 0) is 53.4 Å². The van der Waals surface area contributed by atoms with Crippen molar-refractivity contribution >= 4 is 11.7 Å². The molecule has 25 heavy (non-hydrogen) atoms. The molecule has 0 aromatic rings. The van der Waals surface area contributed by atoms with Gasteiger partial charge in [0.2, 0.25) is 5.91 Å². The van der Waals surface area contributed by atoms with Crippen molar-refractivity contribution in [2.45, 2.75) is 77.5 Å². The summed E-state index contributed by atoms with van der Waals surface area (Å²) in [6.07, 6.45) is 5.07. The van der Waals surface area contributed by atoms with Gasteiger partial charge in [-0.2, -0.15) is 0 Å². The highest BCUT2D eigenvalue weighted by Gasteiger charge is 2.41. The van der Waals surface area contributed by atoms with Crippen molar-refractivity contribution in [3.63, 3.8) is 0 Å². The van der Waals surface area contributed by atoms with Crippen LogP contribution in [0.15, 0.2) is 0 Å². The van der Waals surface area contributed by atoms with Crippen LogP contribution < -0.4 is 5.32 Å². The highest BCUT2D eigenvalue weighted by atomic mass is 16.5. The van der Waals surface area contributed by atoms with Crippen LogP contribution in [0.4, 0.5) is 0 Å². The average molecular weight is 351 g/mol. The fourth-order valence-electron chi connectivity index (χ4n) is 4.93. The summed E-state index contributed by atoms with van der Waals surface area (Å²) in [6, 6.07) is 0. The summed E-state index contributed by atoms with van der Waals surface area (Å²) in [7, 11) is 0. The Kier molecular flexibility index (Phi) is 5.54. The number of hydrogen-bond donors (Lipinski definition) is 1. The number of rotatable bonds is 4. The second-order valence-corrected chi connectivity index (χ2v) is 9.09. The molecule has 1 amide bonds. The Morgan fingerprint density at radius 3 is 2.28 bits per heavy atom. The zero-order chi connectivity index (χ0) is 18.2. The van der Waals surface area contributed by atoms with Gasteiger partial charge in [0.25, 0.3) is 0 Å². The van der Waals surface area contributed by atoms with E-state index in [1.54, 1.807) is 0 Å². The van der Waals surface area contributed by atoms with Crippen LogP contribution in [-0.4, -0.2) is 54.0 Å². The zero-order valence-corrected chi connectivity index (χ0v) is 16.2. The van der Waals surface area contributed by atoms with E-state index < -0.39 is 0 Å². The normalized spacial score (nSPS) is 37.0. The van der Waals surface area contributed by atoms with Gasteiger partial charge in [-0.1, -0.05) is 6.42 Å². The highest BCUT2D eigenvalue weighted by Crippen LogP contribution is 2.40. The first-order valence-electron chi connectivity index (χ1n) is 9.98. The van der Waals surface area contributed by atoms with Crippen molar-refractivity contribution in [3.05, 3.63) is 0 Å². The van der Waals surface area contributed by atoms with Gasteiger partial charge in [0.15, 0.2) is 0 Å². The number of carbonyl (C=O) groups is 2. The molecule has 5 atom stereocenters. The minimum Gasteiger partial charge on any atom is -0.373 e. The van der Waals surface area contributed by atoms with E-state index in [4.69, 9.17) is 4.74 Å². The van der Waals surface area contributed by atoms with Gasteiger partial charge in [0.1, 0.15) is 5.78 Å². The Morgan fingerprint density at radius 1 is 1.16 bits per heavy atom. The SMILES string of the molecule is C[C@@H]1CN(C(C)(C)CNC(=O)C2C[C@H]3CCC[C@@H](C2)C3=O)C[C@@H](C)O1. The standard InChI is InChI=1S/C20H34N2O3/c1-13-10-22(11-14(2)25-13)20(3,4)12-21-19(24)17-8-15-6-5-7-16(9-17)18(15)23/h13-17H,5-12H2,1-4H3,(H,21,24)/t13-,14-,15-,16+,17?/m1/s1. The monoisotopic (exact) mass is 350 g/mol. The van der Waals surface area contributed by atoms with E-state index in [2.05, 4.69) is 37.9 Å². The number of ether oxygens (including phenoxy) is 1. The van der Waals surface area contributed by atoms with Gasteiger partial charge in [0.05, 0.1) is 12.2 Å². The topological polar surface area (TPSA) is 58.6 Å². The lowest BCUT2D eigenvalue weighted by Gasteiger charge is -2.45. The summed E-state index contributed by atoms with van der Waals surface area (Å²) in [6.45, 7) is 11.0. The zero-order valence-electron chi connectivity index (χ0n) is 16.2. The van der Waals surface area contributed by atoms with Gasteiger partial charge < -0.3 is 10.1 Å². The molecule has 0 radical (unpaired) electrons. The second-order valence-electron chi connectivity index (χ2n) is 9.09. The number of nitrogens with zero attached hydrogens (tertiary/aromatic N) is 1. The number of Topliss-reactive ketones (excluding diaryl/α,β-unsaturated/α-hetero) is 1. The molecule has 1 N–H and O–H groups in total. The smallest absolute Gasteiger partial charge is 0.223 e. The fourth-order valence-corrected chi connectivity index (χ4v) is 4.93. The van der Waals surface area contributed by atoms with Crippen LogP contribution in [-0.2, 0) is 14.3 Å². The molecule has 3 rings (SSSR count). The average Bonchev–Trinajstić information content (AvgIpc) is 2.51. The molecule has 142 valence electrons. The van der Waals surface area contributed by atoms with Crippen molar-refractivity contribution in [3.8, 4) is 0 Å². The maximum absolute atomic E-state index is 12.7. The number of morpholine rings is 1. The molecule has 2 bridgehead atoms. The van der Waals surface area contributed by atoms with Crippen molar-refractivity contribution in [2.24, 2.45) is 17.8 Å². The number of nitrogens with one attached hydrogen (secondary N) is 1. The lowest BCUT2D eigenvalue weighted by Crippen LogP contribution is -2.59. The molecule has 1 aliphatic heterocycles. The minimum absolute atomic E-state index is 0.0198. The van der Waals surface area contributed by atoms with Crippen LogP contribution in [0.2, 0.25) is 0 Å². The van der Waals surface area contributed by atoms with Gasteiger partial charge in [-0.15, -0.1) is 0 Å². The molecule has 2 saturated carbocycles. The van der Waals surface area contributed by atoms with Crippen LogP contribution in [0.3, 0.4) is 0 Å². The van der Waals surface area contributed by atoms with Crippen LogP contribution in [0, 0.1) is 17.8 Å². The van der Waals surface area contributed by atoms with Crippen molar-refractivity contribution in [1.82, 2.24) is 10.2 Å². The van der Waals surface area contributed by atoms with E-state index in [9.17, 15) is 9.59 Å². The van der Waals surface area contributed by atoms with Crippen LogP contribution in [0.1, 0.15) is 59.8 Å². The third-order valence-corrected chi connectivity index (χ3v) is 6.39. The third-order valence-electron chi connectivity index (χ3n) is 6.39. The van der Waals surface area contributed by atoms with Gasteiger partial charge in [-0.25, -0.2) is 0 Å². The summed E-state index contributed by atoms with van der Waals surface area (Å²) < 4.78 is 5.82. The molecule has 0 aromatic heterocycles. The second kappa shape index (κ2) is 7.36. The molecule has 2 aliphatic carbocycles. The largest absolute Gasteiger partial charge is 0.373 e. The van der Waals surface area contributed by atoms with Gasteiger partial charge in [-0.3, -0.25) is 14.5 Å². The van der Waals surface area contributed by atoms with Crippen LogP contribution in [0.25, 0.3) is 0 Å². The Bertz CT molecular complexity index is 493. The van der Waals surface area contributed by atoms with E-state index in [1.807, 2.05) is 0 Å². The summed E-state index contributed by atoms with van der Waals surface area (Å²) in [4.78, 5) is 27.4. The van der Waals surface area contributed by atoms with Gasteiger partial charge in [0, 0.05) is 42.9 Å². The number of fused-ring (bicyclic) bond motifs is 2. The molecule has 5 nitrogen and oxygen atoms in total. The fraction of sp³-hybridized carbons (Fsp3) is 0.900. The minimum atomic E-state index is -0.0949. The maximum atomic E-state index is 12.7. The molecular formula is C20H34N2O3. The quantitative estimate of drug-likeness (QED) is 0.846. The Balaban J connectivity index is 1.54. The number of hydrogen-bond acceptors (Lipinski definition) is 4. The summed E-state index contributed by atoms with van der Waals surface area (Å²) in [5.74, 6) is 0.861. The van der Waals surface area contributed by atoms with Crippen molar-refractivity contribution < 1.29 is 14.3 Å². The van der Waals surface area contributed by atoms with E-state index in [1.165, 1.54) is 0 Å². The highest BCUT2D eigenvalue weighted by molar-refractivity contribution is 5.88. The summed E-state index contributed by atoms with van der Waals surface area (Å²) >= 11 is 0. The molecule has 1 heterocycles. The molecular weight excluding hydrogens is 316 g/mol. The Labute approximate surface area is 151 Å². The van der Waals surface area contributed by atoms with E-state index in [-0.39, 0.29) is 41.4 Å². The van der Waals surface area contributed by atoms with E-state index in [0.29, 0.717) is 12.3 Å². The molecule has 0 spiro atoms. The van der Waals surface area contributed by atoms with Crippen molar-refractivity contribution in [2.75, 3.05) is 19.6 Å². The Morgan fingerprint density at radius 2 is 1.72 bits per heavy atom. The predicted molar refractivity (Wildman–Crippen MR) is 97.2 cm³/mol. The van der Waals surface area contributed by atoms with Crippen LogP contribution >= 0.6 is 0 Å². The summed E-state index contributed by atoms with van der Waals surface area (Å²) in [5.41, 5.74) is -0.0949. The molecule has 3 fully saturated rings. The van der Waals surface area contributed by atoms with Gasteiger partial charge >= 0.3 is 0 Å². The maximum Gasteiger partial charge on any atom is 0.223 e. The first-order chi connectivity index (χ1) is 11.8. The van der Waals surface area contributed by atoms with Crippen LogP contribution in [0.5, 0.6) is 0 Å². The first-order valence-corrected chi connectivity index (χ1v) is 9.98. The number of carbonyl (C=O) groups excluding carboxylic acids is 2. The molecule has 0 aromatic carbocycles. The lowest BCUT2D eigenvalue weighted by molar-refractivity contribution is -0.138. The number of ketones is 1. The van der Waals surface area contributed by atoms with Crippen molar-refractivity contribution in [1.29, 1.82) is 0 Å². The van der Waals surface area contributed by atoms with E-state index in [0.717, 1.165) is 45.2 Å². The Hall–Kier alpha value is -0.940. The van der Waals surface area contributed by atoms with E-state index >= 15 is 0 Å². The lowest BCUT2D eigenvalue weighted by atomic mass is 9.67. The third kappa shape index (κ3) is 4.25. The summed E-state index contributed by atoms with van der Waals surface area (Å²) in [5, 5.41) is 3.19. The molecule has 1 saturated heterocycles. The number of amides is 1. The molecule has 3 aliphatic rings. The predicted octanol–water partition coefficient (Wildman–Crippen LogP) is 2.39. The molecule has 1 unspecified atom stereocenters.